The second-order valence-electron chi connectivity index (χ2n) is 13.5. The van der Waals surface area contributed by atoms with Gasteiger partial charge in [0.25, 0.3) is 5.91 Å². The second-order valence-corrected chi connectivity index (χ2v) is 15.0. The van der Waals surface area contributed by atoms with Crippen molar-refractivity contribution in [2.75, 3.05) is 37.0 Å². The highest BCUT2D eigenvalue weighted by atomic mass is 32.2. The number of likely N-dealkylation sites (tertiary alicyclic amines) is 1. The molecular weight excluding hydrogens is 699 g/mol. The highest BCUT2D eigenvalue weighted by molar-refractivity contribution is 7.92. The molecule has 272 valence electrons. The van der Waals surface area contributed by atoms with E-state index in [2.05, 4.69) is 11.4 Å². The average Bonchev–Trinajstić information content (AvgIpc) is 3.72. The van der Waals surface area contributed by atoms with Gasteiger partial charge in [0.2, 0.25) is 17.7 Å². The van der Waals surface area contributed by atoms with Crippen molar-refractivity contribution in [3.05, 3.63) is 63.8 Å². The zero-order chi connectivity index (χ0) is 37.1. The number of piperidine rings is 2. The molecule has 18 heteroatoms. The van der Waals surface area contributed by atoms with Crippen LogP contribution in [0, 0.1) is 17.1 Å². The Kier molecular flexibility index (Phi) is 8.87. The van der Waals surface area contributed by atoms with E-state index < -0.39 is 57.9 Å². The molecule has 0 spiro atoms. The quantitative estimate of drug-likeness (QED) is 0.290. The molecule has 2 atom stereocenters. The number of aryl methyl sites for hydroxylation is 1. The maximum Gasteiger partial charge on any atom is 0.329 e. The molecule has 4 aliphatic rings. The molecule has 3 fully saturated rings. The number of carbonyl (C=O) groups is 4. The number of rotatable bonds is 7. The van der Waals surface area contributed by atoms with E-state index in [1.807, 2.05) is 23.1 Å². The molecule has 3 N–H and O–H groups in total. The van der Waals surface area contributed by atoms with Crippen LogP contribution in [-0.2, 0) is 36.4 Å². The lowest BCUT2D eigenvalue weighted by molar-refractivity contribution is -0.136. The number of imidazole rings is 1. The maximum atomic E-state index is 15.9. The van der Waals surface area contributed by atoms with Crippen molar-refractivity contribution in [3.63, 3.8) is 0 Å². The highest BCUT2D eigenvalue weighted by Crippen LogP contribution is 2.39. The predicted molar refractivity (Wildman–Crippen MR) is 183 cm³/mol. The third kappa shape index (κ3) is 6.09. The summed E-state index contributed by atoms with van der Waals surface area (Å²) in [5.74, 6) is -3.62. The number of halogens is 1. The van der Waals surface area contributed by atoms with Crippen LogP contribution in [0.4, 0.5) is 10.1 Å². The van der Waals surface area contributed by atoms with Crippen molar-refractivity contribution in [2.24, 2.45) is 7.05 Å². The van der Waals surface area contributed by atoms with Gasteiger partial charge in [0, 0.05) is 25.6 Å². The Bertz CT molecular complexity index is 2290. The van der Waals surface area contributed by atoms with Crippen LogP contribution in [0.5, 0.6) is 5.75 Å². The van der Waals surface area contributed by atoms with Crippen LogP contribution >= 0.6 is 0 Å². The van der Waals surface area contributed by atoms with Gasteiger partial charge >= 0.3 is 15.9 Å². The van der Waals surface area contributed by atoms with E-state index in [4.69, 9.17) is 0 Å². The van der Waals surface area contributed by atoms with Gasteiger partial charge in [-0.2, -0.15) is 13.7 Å². The van der Waals surface area contributed by atoms with Crippen molar-refractivity contribution < 1.29 is 37.1 Å². The largest absolute Gasteiger partial charge is 0.506 e. The SMILES string of the molecule is Cn1c(=O)n(C2CCC(=O)NC2=O)c2ccc(C3CCN(CC(=O)N4CC(c5ccc(O)c(N6CC(=O)NS6(=O)=O)c5F)=CC4CC#N)CC3)cc21. The number of nitrogens with zero attached hydrogens (tertiary/aromatic N) is 6. The van der Waals surface area contributed by atoms with Crippen LogP contribution in [0.2, 0.25) is 0 Å². The first kappa shape index (κ1) is 34.9. The van der Waals surface area contributed by atoms with E-state index in [-0.39, 0.29) is 61.3 Å². The number of aromatic hydroxyl groups is 1. The Morgan fingerprint density at radius 3 is 2.46 bits per heavy atom. The molecule has 0 radical (unpaired) electrons. The number of nitriles is 1. The summed E-state index contributed by atoms with van der Waals surface area (Å²) in [7, 11) is -2.76. The number of nitrogens with one attached hydrogen (secondary N) is 2. The molecule has 5 heterocycles. The number of aromatic nitrogens is 2. The molecule has 52 heavy (non-hydrogen) atoms. The third-order valence-electron chi connectivity index (χ3n) is 10.3. The number of benzene rings is 2. The van der Waals surface area contributed by atoms with E-state index in [9.17, 15) is 42.8 Å². The van der Waals surface area contributed by atoms with Gasteiger partial charge in [0.05, 0.1) is 36.1 Å². The van der Waals surface area contributed by atoms with Gasteiger partial charge in [-0.3, -0.25) is 38.5 Å². The minimum absolute atomic E-state index is 0.0517. The minimum atomic E-state index is -4.41. The third-order valence-corrected chi connectivity index (χ3v) is 11.7. The molecule has 1 aromatic heterocycles. The molecule has 7 rings (SSSR count). The van der Waals surface area contributed by atoms with E-state index >= 15 is 4.39 Å². The summed E-state index contributed by atoms with van der Waals surface area (Å²) >= 11 is 0. The molecule has 3 aromatic rings. The van der Waals surface area contributed by atoms with Crippen molar-refractivity contribution in [1.82, 2.24) is 29.0 Å². The number of carbonyl (C=O) groups excluding carboxylic acids is 4. The van der Waals surface area contributed by atoms with E-state index in [0.29, 0.717) is 34.0 Å². The van der Waals surface area contributed by atoms with Crippen molar-refractivity contribution in [3.8, 4) is 11.8 Å². The fourth-order valence-corrected chi connectivity index (χ4v) is 8.81. The number of fused-ring (bicyclic) bond motifs is 1. The van der Waals surface area contributed by atoms with Crippen LogP contribution in [-0.4, -0.2) is 94.9 Å². The summed E-state index contributed by atoms with van der Waals surface area (Å²) in [5.41, 5.74) is 1.54. The number of amides is 4. The Morgan fingerprint density at radius 2 is 1.79 bits per heavy atom. The summed E-state index contributed by atoms with van der Waals surface area (Å²) in [6, 6.07) is 8.74. The van der Waals surface area contributed by atoms with Crippen LogP contribution in [0.25, 0.3) is 16.6 Å². The lowest BCUT2D eigenvalue weighted by Gasteiger charge is -2.33. The molecule has 2 aromatic carbocycles. The fraction of sp³-hybridized carbons (Fsp3) is 0.412. The number of hydrogen-bond acceptors (Lipinski definition) is 10. The summed E-state index contributed by atoms with van der Waals surface area (Å²) < 4.78 is 45.8. The van der Waals surface area contributed by atoms with Gasteiger partial charge in [-0.1, -0.05) is 12.1 Å². The van der Waals surface area contributed by atoms with Crippen LogP contribution in [0.3, 0.4) is 0 Å². The Hall–Kier alpha value is -5.54. The van der Waals surface area contributed by atoms with E-state index in [0.717, 1.165) is 24.5 Å². The van der Waals surface area contributed by atoms with Crippen LogP contribution in [0.15, 0.2) is 41.2 Å². The second kappa shape index (κ2) is 13.2. The lowest BCUT2D eigenvalue weighted by Crippen LogP contribution is -2.45. The maximum absolute atomic E-state index is 15.9. The standard InChI is InChI=1S/C34H35FN8O8S/c1-39-26-15-20(2-4-24(26)43(34(39)49)25-5-7-28(45)37-33(25)48)19-9-12-40(13-10-19)18-30(47)41-16-21(14-22(41)8-11-36)23-3-6-27(44)32(31(23)35)42-17-29(46)38-52(42,50)51/h2-4,6,14-15,19,22,25,44H,5,7-10,12-13,16-18H2,1H3,(H,38,46)(H,37,45,48). The molecule has 4 amide bonds. The first-order valence-electron chi connectivity index (χ1n) is 16.8. The summed E-state index contributed by atoms with van der Waals surface area (Å²) in [4.78, 5) is 66.3. The molecule has 0 aliphatic carbocycles. The molecule has 2 unspecified atom stereocenters. The van der Waals surface area contributed by atoms with Crippen molar-refractivity contribution in [1.29, 1.82) is 5.26 Å². The number of phenols is 1. The molecule has 4 aliphatic heterocycles. The first-order chi connectivity index (χ1) is 24.8. The zero-order valence-electron chi connectivity index (χ0n) is 28.0. The minimum Gasteiger partial charge on any atom is -0.506 e. The zero-order valence-corrected chi connectivity index (χ0v) is 28.9. The van der Waals surface area contributed by atoms with E-state index in [1.54, 1.807) is 17.8 Å². The van der Waals surface area contributed by atoms with Gasteiger partial charge in [0.15, 0.2) is 5.82 Å². The normalized spacial score (nSPS) is 22.4. The molecular formula is C34H35FN8O8S. The Labute approximate surface area is 296 Å². The number of phenolic OH excluding ortho intramolecular Hbond substituents is 1. The fourth-order valence-electron chi connectivity index (χ4n) is 7.64. The average molecular weight is 735 g/mol. The monoisotopic (exact) mass is 734 g/mol. The molecule has 0 bridgehead atoms. The van der Waals surface area contributed by atoms with Crippen LogP contribution in [0.1, 0.15) is 55.2 Å². The lowest BCUT2D eigenvalue weighted by atomic mass is 9.89. The topological polar surface area (TPSA) is 207 Å². The molecule has 3 saturated heterocycles. The Balaban J connectivity index is 1.02. The first-order valence-corrected chi connectivity index (χ1v) is 18.2. The summed E-state index contributed by atoms with van der Waals surface area (Å²) in [5, 5.41) is 22.2. The summed E-state index contributed by atoms with van der Waals surface area (Å²) in [6.07, 6.45) is 3.38. The molecule has 0 saturated carbocycles. The smallest absolute Gasteiger partial charge is 0.329 e. The van der Waals surface area contributed by atoms with Gasteiger partial charge in [0.1, 0.15) is 24.0 Å². The van der Waals surface area contributed by atoms with Gasteiger partial charge in [-0.15, -0.1) is 0 Å². The number of anilines is 1. The molecule has 16 nitrogen and oxygen atoms in total. The summed E-state index contributed by atoms with van der Waals surface area (Å²) in [6.45, 7) is 0.481. The van der Waals surface area contributed by atoms with Gasteiger partial charge in [-0.25, -0.2) is 18.2 Å². The van der Waals surface area contributed by atoms with Crippen molar-refractivity contribution in [2.45, 2.75) is 50.1 Å². The van der Waals surface area contributed by atoms with Crippen LogP contribution < -0.4 is 20.0 Å². The number of hydrogen-bond donors (Lipinski definition) is 3. The van der Waals surface area contributed by atoms with E-state index in [1.165, 1.54) is 20.1 Å². The Morgan fingerprint density at radius 1 is 1.04 bits per heavy atom. The number of imide groups is 1. The van der Waals surface area contributed by atoms with Gasteiger partial charge in [-0.05, 0) is 73.7 Å². The van der Waals surface area contributed by atoms with Gasteiger partial charge < -0.3 is 10.0 Å². The van der Waals surface area contributed by atoms with Crippen molar-refractivity contribution >= 4 is 56.1 Å². The predicted octanol–water partition coefficient (Wildman–Crippen LogP) is 0.731. The highest BCUT2D eigenvalue weighted by Gasteiger charge is 2.39.